The minimum absolute atomic E-state index is 0.00939. The van der Waals surface area contributed by atoms with Gasteiger partial charge >= 0.3 is 5.97 Å². The molecule has 1 atom stereocenters. The van der Waals surface area contributed by atoms with Crippen LogP contribution < -0.4 is 0 Å². The number of allylic oxidation sites excluding steroid dienone is 2. The van der Waals surface area contributed by atoms with Crippen molar-refractivity contribution >= 4 is 11.9 Å². The molecule has 0 radical (unpaired) electrons. The van der Waals surface area contributed by atoms with Crippen LogP contribution in [0.25, 0.3) is 0 Å². The van der Waals surface area contributed by atoms with E-state index in [9.17, 15) is 9.59 Å². The number of rotatable bonds is 21. The first-order chi connectivity index (χ1) is 14.6. The summed E-state index contributed by atoms with van der Waals surface area (Å²) >= 11 is 0. The number of carboxylic acids is 1. The summed E-state index contributed by atoms with van der Waals surface area (Å²) in [4.78, 5) is 25.4. The number of hydrogen-bond donors (Lipinski definition) is 1. The molecule has 0 aliphatic carbocycles. The van der Waals surface area contributed by atoms with E-state index in [1.54, 1.807) is 4.90 Å². The quantitative estimate of drug-likeness (QED) is 0.155. The lowest BCUT2D eigenvalue weighted by molar-refractivity contribution is -0.144. The Morgan fingerprint density at radius 1 is 0.733 bits per heavy atom. The van der Waals surface area contributed by atoms with Crippen molar-refractivity contribution in [3.8, 4) is 0 Å². The lowest BCUT2D eigenvalue weighted by atomic mass is 9.95. The summed E-state index contributed by atoms with van der Waals surface area (Å²) in [6.45, 7) is 7.46. The number of nitrogens with zero attached hydrogens (tertiary/aromatic N) is 1. The lowest BCUT2D eigenvalue weighted by Gasteiger charge is -2.24. The highest BCUT2D eigenvalue weighted by Gasteiger charge is 2.24. The average molecular weight is 424 g/mol. The third kappa shape index (κ3) is 16.5. The van der Waals surface area contributed by atoms with Crippen molar-refractivity contribution in [3.63, 3.8) is 0 Å². The van der Waals surface area contributed by atoms with Gasteiger partial charge in [-0.15, -0.1) is 0 Å². The number of unbranched alkanes of at least 4 members (excludes halogenated alkanes) is 12. The van der Waals surface area contributed by atoms with Gasteiger partial charge in [0, 0.05) is 19.0 Å². The molecule has 0 bridgehead atoms. The Bertz CT molecular complexity index is 444. The van der Waals surface area contributed by atoms with Gasteiger partial charge in [0.25, 0.3) is 0 Å². The molecule has 1 amide bonds. The van der Waals surface area contributed by atoms with E-state index in [0.717, 1.165) is 12.8 Å². The molecule has 30 heavy (non-hydrogen) atoms. The lowest BCUT2D eigenvalue weighted by Crippen LogP contribution is -2.36. The van der Waals surface area contributed by atoms with Gasteiger partial charge in [-0.2, -0.15) is 0 Å². The van der Waals surface area contributed by atoms with Crippen LogP contribution in [0.4, 0.5) is 0 Å². The second kappa shape index (κ2) is 20.9. The van der Waals surface area contributed by atoms with Crippen LogP contribution in [0.1, 0.15) is 124 Å². The Labute approximate surface area is 186 Å². The molecule has 0 saturated carbocycles. The van der Waals surface area contributed by atoms with Crippen LogP contribution in [-0.2, 0) is 9.59 Å². The van der Waals surface area contributed by atoms with Gasteiger partial charge in [0.05, 0.1) is 6.42 Å². The summed E-state index contributed by atoms with van der Waals surface area (Å²) in [7, 11) is 0. The van der Waals surface area contributed by atoms with Crippen molar-refractivity contribution in [2.45, 2.75) is 124 Å². The number of aliphatic carboxylic acids is 1. The largest absolute Gasteiger partial charge is 0.481 e. The maximum atomic E-state index is 12.5. The van der Waals surface area contributed by atoms with Crippen LogP contribution in [0.15, 0.2) is 12.2 Å². The van der Waals surface area contributed by atoms with Crippen molar-refractivity contribution in [1.82, 2.24) is 4.90 Å². The molecule has 0 aromatic rings. The minimum Gasteiger partial charge on any atom is -0.481 e. The molecule has 1 N–H and O–H groups in total. The first kappa shape index (κ1) is 28.7. The smallest absolute Gasteiger partial charge is 0.304 e. The molecular weight excluding hydrogens is 374 g/mol. The van der Waals surface area contributed by atoms with E-state index >= 15 is 0 Å². The molecular formula is C26H49NO3. The second-order valence-corrected chi connectivity index (χ2v) is 8.53. The standard InChI is InChI=1S/C26H49NO3/c1-4-7-8-9-10-11-12-13-14-15-16-17-18-19-20-21-22-24(23-25(28)29)26(30)27(5-2)6-3/h13-14,24H,4-12,15-23H2,1-3H3,(H,28,29)/b14-13+. The first-order valence-electron chi connectivity index (χ1n) is 12.7. The third-order valence-corrected chi connectivity index (χ3v) is 5.91. The third-order valence-electron chi connectivity index (χ3n) is 5.91. The van der Waals surface area contributed by atoms with E-state index < -0.39 is 5.97 Å². The molecule has 0 rings (SSSR count). The summed E-state index contributed by atoms with van der Waals surface area (Å²) in [6.07, 6.45) is 23.0. The molecule has 4 heteroatoms. The van der Waals surface area contributed by atoms with Crippen molar-refractivity contribution in [2.75, 3.05) is 13.1 Å². The van der Waals surface area contributed by atoms with Crippen LogP contribution in [0, 0.1) is 5.92 Å². The Morgan fingerprint density at radius 2 is 1.20 bits per heavy atom. The number of carbonyl (C=O) groups is 2. The zero-order valence-corrected chi connectivity index (χ0v) is 20.2. The molecule has 0 aliphatic heterocycles. The Hall–Kier alpha value is -1.32. The topological polar surface area (TPSA) is 57.6 Å². The number of carbonyl (C=O) groups excluding carboxylic acids is 1. The van der Waals surface area contributed by atoms with E-state index in [2.05, 4.69) is 19.1 Å². The number of hydrogen-bond acceptors (Lipinski definition) is 2. The van der Waals surface area contributed by atoms with Gasteiger partial charge in [-0.1, -0.05) is 83.3 Å². The molecule has 0 fully saturated rings. The molecule has 176 valence electrons. The Kier molecular flexibility index (Phi) is 20.0. The van der Waals surface area contributed by atoms with Crippen molar-refractivity contribution < 1.29 is 14.7 Å². The van der Waals surface area contributed by atoms with E-state index in [0.29, 0.717) is 19.5 Å². The molecule has 0 aliphatic rings. The fourth-order valence-electron chi connectivity index (χ4n) is 3.96. The van der Waals surface area contributed by atoms with Crippen molar-refractivity contribution in [2.24, 2.45) is 5.92 Å². The van der Waals surface area contributed by atoms with Crippen molar-refractivity contribution in [1.29, 1.82) is 0 Å². The number of carboxylic acid groups (broad SMARTS) is 1. The molecule has 0 aromatic heterocycles. The summed E-state index contributed by atoms with van der Waals surface area (Å²) in [5.74, 6) is -1.22. The molecule has 0 heterocycles. The maximum absolute atomic E-state index is 12.5. The highest BCUT2D eigenvalue weighted by Crippen LogP contribution is 2.18. The number of amides is 1. The van der Waals surface area contributed by atoms with Gasteiger partial charge in [-0.05, 0) is 46.0 Å². The zero-order valence-electron chi connectivity index (χ0n) is 20.2. The molecule has 0 spiro atoms. The van der Waals surface area contributed by atoms with Crippen LogP contribution >= 0.6 is 0 Å². The molecule has 0 saturated heterocycles. The van der Waals surface area contributed by atoms with E-state index in [1.165, 1.54) is 77.0 Å². The predicted octanol–water partition coefficient (Wildman–Crippen LogP) is 7.37. The molecule has 1 unspecified atom stereocenters. The van der Waals surface area contributed by atoms with E-state index in [-0.39, 0.29) is 18.2 Å². The van der Waals surface area contributed by atoms with Crippen LogP contribution in [0.2, 0.25) is 0 Å². The average Bonchev–Trinajstić information content (AvgIpc) is 2.73. The molecule has 4 nitrogen and oxygen atoms in total. The predicted molar refractivity (Wildman–Crippen MR) is 128 cm³/mol. The fourth-order valence-corrected chi connectivity index (χ4v) is 3.96. The zero-order chi connectivity index (χ0) is 22.5. The fraction of sp³-hybridized carbons (Fsp3) is 0.846. The summed E-state index contributed by atoms with van der Waals surface area (Å²) in [5.41, 5.74) is 0. The Morgan fingerprint density at radius 3 is 1.67 bits per heavy atom. The highest BCUT2D eigenvalue weighted by molar-refractivity contribution is 5.83. The van der Waals surface area contributed by atoms with Gasteiger partial charge in [0.15, 0.2) is 0 Å². The van der Waals surface area contributed by atoms with Crippen molar-refractivity contribution in [3.05, 3.63) is 12.2 Å². The minimum atomic E-state index is -0.870. The summed E-state index contributed by atoms with van der Waals surface area (Å²) in [5, 5.41) is 9.12. The first-order valence-corrected chi connectivity index (χ1v) is 12.7. The molecule has 0 aromatic carbocycles. The summed E-state index contributed by atoms with van der Waals surface area (Å²) in [6, 6.07) is 0. The van der Waals surface area contributed by atoms with E-state index in [1.807, 2.05) is 13.8 Å². The van der Waals surface area contributed by atoms with Gasteiger partial charge in [0.2, 0.25) is 5.91 Å². The van der Waals surface area contributed by atoms with Crippen LogP contribution in [0.3, 0.4) is 0 Å². The van der Waals surface area contributed by atoms with Crippen LogP contribution in [0.5, 0.6) is 0 Å². The van der Waals surface area contributed by atoms with Crippen LogP contribution in [-0.4, -0.2) is 35.0 Å². The normalized spacial score (nSPS) is 12.4. The van der Waals surface area contributed by atoms with Gasteiger partial charge in [-0.25, -0.2) is 0 Å². The SMILES string of the molecule is CCCCCCCC/C=C/CCCCCCCCC(CC(=O)O)C(=O)N(CC)CC. The summed E-state index contributed by atoms with van der Waals surface area (Å²) < 4.78 is 0. The van der Waals surface area contributed by atoms with Gasteiger partial charge in [-0.3, -0.25) is 9.59 Å². The highest BCUT2D eigenvalue weighted by atomic mass is 16.4. The van der Waals surface area contributed by atoms with Gasteiger partial charge < -0.3 is 10.0 Å². The monoisotopic (exact) mass is 423 g/mol. The second-order valence-electron chi connectivity index (χ2n) is 8.53. The maximum Gasteiger partial charge on any atom is 0.304 e. The van der Waals surface area contributed by atoms with E-state index in [4.69, 9.17) is 5.11 Å². The Balaban J connectivity index is 3.70. The van der Waals surface area contributed by atoms with Gasteiger partial charge in [0.1, 0.15) is 0 Å².